The van der Waals surface area contributed by atoms with E-state index in [2.05, 4.69) is 20.3 Å². The summed E-state index contributed by atoms with van der Waals surface area (Å²) >= 11 is 0. The van der Waals surface area contributed by atoms with Gasteiger partial charge in [-0.25, -0.2) is 15.0 Å². The lowest BCUT2D eigenvalue weighted by Gasteiger charge is -2.16. The minimum Gasteiger partial charge on any atom is -0.468 e. The molecule has 1 fully saturated rings. The lowest BCUT2D eigenvalue weighted by molar-refractivity contribution is -0.0343. The SMILES string of the molecule is Nc1ncnc2c1ncn2[C@@H]1O[C@H](CNCc2ccco2)[C@@H](O)[C@H]1O. The fourth-order valence-corrected chi connectivity index (χ4v) is 2.93. The predicted octanol–water partition coefficient (Wildman–Crippen LogP) is -0.590. The smallest absolute Gasteiger partial charge is 0.167 e. The molecule has 4 rings (SSSR count). The van der Waals surface area contributed by atoms with Gasteiger partial charge in [-0.15, -0.1) is 0 Å². The van der Waals surface area contributed by atoms with E-state index in [-0.39, 0.29) is 5.82 Å². The second-order valence-electron chi connectivity index (χ2n) is 5.84. The molecule has 1 aliphatic heterocycles. The average molecular weight is 346 g/mol. The van der Waals surface area contributed by atoms with Crippen LogP contribution in [0.25, 0.3) is 11.2 Å². The van der Waals surface area contributed by atoms with Gasteiger partial charge in [-0.1, -0.05) is 0 Å². The third kappa shape index (κ3) is 2.85. The first kappa shape index (κ1) is 16.0. The molecule has 4 atom stereocenters. The number of aromatic nitrogens is 4. The number of imidazole rings is 1. The van der Waals surface area contributed by atoms with Gasteiger partial charge in [-0.3, -0.25) is 4.57 Å². The maximum absolute atomic E-state index is 10.4. The normalized spacial score (nSPS) is 26.5. The number of hydrogen-bond donors (Lipinski definition) is 4. The van der Waals surface area contributed by atoms with Crippen LogP contribution in [0, 0.1) is 0 Å². The molecule has 25 heavy (non-hydrogen) atoms. The van der Waals surface area contributed by atoms with Crippen molar-refractivity contribution in [3.8, 4) is 0 Å². The number of fused-ring (bicyclic) bond motifs is 1. The van der Waals surface area contributed by atoms with Gasteiger partial charge < -0.3 is 30.4 Å². The highest BCUT2D eigenvalue weighted by atomic mass is 16.6. The molecule has 0 saturated carbocycles. The molecule has 4 heterocycles. The van der Waals surface area contributed by atoms with Crippen molar-refractivity contribution in [3.63, 3.8) is 0 Å². The van der Waals surface area contributed by atoms with E-state index < -0.39 is 24.5 Å². The van der Waals surface area contributed by atoms with Crippen molar-refractivity contribution < 1.29 is 19.4 Å². The van der Waals surface area contributed by atoms with Crippen LogP contribution < -0.4 is 11.1 Å². The second-order valence-corrected chi connectivity index (χ2v) is 5.84. The monoisotopic (exact) mass is 346 g/mol. The highest BCUT2D eigenvalue weighted by Crippen LogP contribution is 2.31. The van der Waals surface area contributed by atoms with Gasteiger partial charge in [0.05, 0.1) is 19.1 Å². The first-order valence-corrected chi connectivity index (χ1v) is 7.83. The average Bonchev–Trinajstić information content (AvgIpc) is 3.32. The maximum atomic E-state index is 10.4. The zero-order valence-electron chi connectivity index (χ0n) is 13.2. The van der Waals surface area contributed by atoms with E-state index in [4.69, 9.17) is 14.9 Å². The Hall–Kier alpha value is -2.53. The van der Waals surface area contributed by atoms with Crippen LogP contribution in [0.5, 0.6) is 0 Å². The van der Waals surface area contributed by atoms with Gasteiger partial charge in [0, 0.05) is 6.54 Å². The van der Waals surface area contributed by atoms with Crippen molar-refractivity contribution in [2.24, 2.45) is 0 Å². The van der Waals surface area contributed by atoms with E-state index in [0.29, 0.717) is 24.3 Å². The van der Waals surface area contributed by atoms with Gasteiger partial charge in [-0.2, -0.15) is 0 Å². The van der Waals surface area contributed by atoms with E-state index in [1.54, 1.807) is 16.9 Å². The number of furan rings is 1. The lowest BCUT2D eigenvalue weighted by Crippen LogP contribution is -2.37. The van der Waals surface area contributed by atoms with Crippen LogP contribution in [0.3, 0.4) is 0 Å². The molecule has 5 N–H and O–H groups in total. The number of nitrogen functional groups attached to an aromatic ring is 1. The van der Waals surface area contributed by atoms with Crippen LogP contribution in [0.1, 0.15) is 12.0 Å². The first-order chi connectivity index (χ1) is 12.1. The molecular weight excluding hydrogens is 328 g/mol. The zero-order valence-corrected chi connectivity index (χ0v) is 13.2. The Balaban J connectivity index is 1.48. The predicted molar refractivity (Wildman–Crippen MR) is 86.1 cm³/mol. The summed E-state index contributed by atoms with van der Waals surface area (Å²) in [6.45, 7) is 0.845. The summed E-state index contributed by atoms with van der Waals surface area (Å²) in [5.74, 6) is 1.02. The number of hydrogen-bond acceptors (Lipinski definition) is 9. The topological polar surface area (TPSA) is 144 Å². The van der Waals surface area contributed by atoms with Crippen molar-refractivity contribution in [3.05, 3.63) is 36.8 Å². The van der Waals surface area contributed by atoms with Crippen molar-refractivity contribution in [1.82, 2.24) is 24.8 Å². The van der Waals surface area contributed by atoms with Crippen LogP contribution >= 0.6 is 0 Å². The molecule has 3 aromatic heterocycles. The molecule has 10 heteroatoms. The molecule has 0 spiro atoms. The van der Waals surface area contributed by atoms with E-state index in [1.807, 2.05) is 6.07 Å². The minimum atomic E-state index is -1.12. The summed E-state index contributed by atoms with van der Waals surface area (Å²) in [7, 11) is 0. The van der Waals surface area contributed by atoms with Gasteiger partial charge in [-0.05, 0) is 12.1 Å². The van der Waals surface area contributed by atoms with Crippen LogP contribution in [-0.4, -0.2) is 54.6 Å². The van der Waals surface area contributed by atoms with Crippen molar-refractivity contribution in [2.45, 2.75) is 31.1 Å². The summed E-state index contributed by atoms with van der Waals surface area (Å²) in [6, 6.07) is 3.65. The van der Waals surface area contributed by atoms with E-state index in [0.717, 1.165) is 5.76 Å². The largest absolute Gasteiger partial charge is 0.468 e. The molecule has 10 nitrogen and oxygen atoms in total. The van der Waals surface area contributed by atoms with Crippen molar-refractivity contribution >= 4 is 17.0 Å². The lowest BCUT2D eigenvalue weighted by atomic mass is 10.1. The summed E-state index contributed by atoms with van der Waals surface area (Å²) in [4.78, 5) is 12.2. The number of aliphatic hydroxyl groups excluding tert-OH is 2. The molecule has 1 saturated heterocycles. The molecule has 0 amide bonds. The van der Waals surface area contributed by atoms with E-state index in [9.17, 15) is 10.2 Å². The summed E-state index contributed by atoms with van der Waals surface area (Å²) in [6.07, 6.45) is 0.798. The fraction of sp³-hybridized carbons (Fsp3) is 0.400. The molecule has 0 bridgehead atoms. The summed E-state index contributed by atoms with van der Waals surface area (Å²) in [5.41, 5.74) is 6.63. The molecule has 0 aliphatic carbocycles. The summed E-state index contributed by atoms with van der Waals surface area (Å²) in [5, 5.41) is 23.8. The van der Waals surface area contributed by atoms with Gasteiger partial charge in [0.1, 0.15) is 35.9 Å². The number of nitrogens with two attached hydrogens (primary N) is 1. The third-order valence-corrected chi connectivity index (χ3v) is 4.22. The van der Waals surface area contributed by atoms with Gasteiger partial charge in [0.2, 0.25) is 0 Å². The number of anilines is 1. The zero-order chi connectivity index (χ0) is 17.4. The van der Waals surface area contributed by atoms with Crippen molar-refractivity contribution in [1.29, 1.82) is 0 Å². The Morgan fingerprint density at radius 3 is 2.92 bits per heavy atom. The molecule has 132 valence electrons. The number of nitrogens with zero attached hydrogens (tertiary/aromatic N) is 4. The third-order valence-electron chi connectivity index (χ3n) is 4.22. The van der Waals surface area contributed by atoms with E-state index in [1.165, 1.54) is 12.7 Å². The standard InChI is InChI=1S/C15H18N6O4/c16-13-10-14(19-6-18-13)21(7-20-10)15-12(23)11(22)9(25-15)5-17-4-8-2-1-3-24-8/h1-3,6-7,9,11-12,15,17,22-23H,4-5H2,(H2,16,18,19)/t9-,11-,12-,15-/m1/s1. The van der Waals surface area contributed by atoms with Crippen LogP contribution in [0.2, 0.25) is 0 Å². The number of aliphatic hydroxyl groups is 2. The first-order valence-electron chi connectivity index (χ1n) is 7.83. The van der Waals surface area contributed by atoms with Gasteiger partial charge in [0.15, 0.2) is 17.7 Å². The highest BCUT2D eigenvalue weighted by molar-refractivity contribution is 5.81. The molecule has 0 radical (unpaired) electrons. The second kappa shape index (κ2) is 6.41. The fourth-order valence-electron chi connectivity index (χ4n) is 2.93. The molecular formula is C15H18N6O4. The number of nitrogens with one attached hydrogen (secondary N) is 1. The number of rotatable bonds is 5. The number of ether oxygens (including phenoxy) is 1. The van der Waals surface area contributed by atoms with Gasteiger partial charge >= 0.3 is 0 Å². The van der Waals surface area contributed by atoms with Gasteiger partial charge in [0.25, 0.3) is 0 Å². The Labute approximate surface area is 142 Å². The van der Waals surface area contributed by atoms with Crippen LogP contribution in [0.4, 0.5) is 5.82 Å². The molecule has 3 aromatic rings. The summed E-state index contributed by atoms with van der Waals surface area (Å²) < 4.78 is 12.6. The van der Waals surface area contributed by atoms with Crippen molar-refractivity contribution in [2.75, 3.05) is 12.3 Å². The minimum absolute atomic E-state index is 0.244. The Morgan fingerprint density at radius 1 is 1.24 bits per heavy atom. The maximum Gasteiger partial charge on any atom is 0.167 e. The molecule has 1 aliphatic rings. The van der Waals surface area contributed by atoms with Crippen LogP contribution in [0.15, 0.2) is 35.5 Å². The quantitative estimate of drug-likeness (QED) is 0.476. The Bertz CT molecular complexity index is 851. The Morgan fingerprint density at radius 2 is 2.12 bits per heavy atom. The molecule has 0 aromatic carbocycles. The van der Waals surface area contributed by atoms with E-state index >= 15 is 0 Å². The Kier molecular flexibility index (Phi) is 4.09. The highest BCUT2D eigenvalue weighted by Gasteiger charge is 2.44. The molecule has 0 unspecified atom stereocenters. The van der Waals surface area contributed by atoms with Crippen LogP contribution in [-0.2, 0) is 11.3 Å².